The highest BCUT2D eigenvalue weighted by Gasteiger charge is 2.28. The van der Waals surface area contributed by atoms with Gasteiger partial charge < -0.3 is 19.1 Å². The van der Waals surface area contributed by atoms with E-state index in [9.17, 15) is 14.9 Å². The van der Waals surface area contributed by atoms with Crippen LogP contribution in [0.5, 0.6) is 5.75 Å². The molecule has 0 N–H and O–H groups in total. The molecule has 1 aromatic heterocycles. The summed E-state index contributed by atoms with van der Waals surface area (Å²) in [5.41, 5.74) is 8.42. The van der Waals surface area contributed by atoms with Crippen LogP contribution < -0.4 is 9.64 Å². The first-order valence-electron chi connectivity index (χ1n) is 17.2. The maximum atomic E-state index is 14.7. The van der Waals surface area contributed by atoms with Crippen LogP contribution in [0.3, 0.4) is 0 Å². The number of rotatable bonds is 9. The smallest absolute Gasteiger partial charge is 0.260 e. The second-order valence-corrected chi connectivity index (χ2v) is 13.4. The molecule has 0 aliphatic carbocycles. The summed E-state index contributed by atoms with van der Waals surface area (Å²) in [6.07, 6.45) is 0.789. The Labute approximate surface area is 308 Å². The lowest BCUT2D eigenvalue weighted by Crippen LogP contribution is -2.36. The average molecular weight is 705 g/mol. The lowest BCUT2D eigenvalue weighted by atomic mass is 9.97. The molecule has 7 rings (SSSR count). The predicted octanol–water partition coefficient (Wildman–Crippen LogP) is 9.15. The largest absolute Gasteiger partial charge is 0.489 e. The summed E-state index contributed by atoms with van der Waals surface area (Å²) in [6.45, 7) is 3.63. The number of carbonyl (C=O) groups excluding carboxylic acids is 2. The van der Waals surface area contributed by atoms with Gasteiger partial charge >= 0.3 is 0 Å². The number of nitriles is 1. The fourth-order valence-electron chi connectivity index (χ4n) is 6.76. The van der Waals surface area contributed by atoms with Crippen molar-refractivity contribution in [3.63, 3.8) is 0 Å². The first-order valence-corrected chi connectivity index (χ1v) is 17.6. The standard InChI is InChI=1S/C44H37ClN4O3/c1-30-40(25-42(47(30)2)41-24-36(45)16-21-39(41)43(50)48-23-22-32-12-6-8-14-34(32)27-48)44(51)49(28-35-15-9-7-13-33(35)26-46)37-17-19-38(20-18-37)52-29-31-10-4-3-5-11-31/h3-21,24-25H,22-23,27-29H2,1-2H3. The van der Waals surface area contributed by atoms with Crippen LogP contribution in [0, 0.1) is 18.3 Å². The molecule has 0 spiro atoms. The number of hydrogen-bond donors (Lipinski definition) is 0. The molecule has 2 heterocycles. The van der Waals surface area contributed by atoms with Crippen molar-refractivity contribution in [1.82, 2.24) is 9.47 Å². The van der Waals surface area contributed by atoms with E-state index < -0.39 is 0 Å². The highest BCUT2D eigenvalue weighted by atomic mass is 35.5. The van der Waals surface area contributed by atoms with Gasteiger partial charge in [-0.1, -0.05) is 84.4 Å². The highest BCUT2D eigenvalue weighted by molar-refractivity contribution is 6.31. The van der Waals surface area contributed by atoms with Crippen molar-refractivity contribution in [2.24, 2.45) is 7.05 Å². The lowest BCUT2D eigenvalue weighted by molar-refractivity contribution is 0.0735. The monoisotopic (exact) mass is 704 g/mol. The van der Waals surface area contributed by atoms with Gasteiger partial charge in [0.25, 0.3) is 11.8 Å². The van der Waals surface area contributed by atoms with E-state index in [2.05, 4.69) is 18.2 Å². The number of hydrogen-bond acceptors (Lipinski definition) is 4. The molecule has 52 heavy (non-hydrogen) atoms. The zero-order valence-corrected chi connectivity index (χ0v) is 29.8. The van der Waals surface area contributed by atoms with Crippen molar-refractivity contribution in [2.45, 2.75) is 33.0 Å². The molecule has 0 bridgehead atoms. The molecule has 2 amide bonds. The number of carbonyl (C=O) groups is 2. The normalized spacial score (nSPS) is 12.2. The maximum Gasteiger partial charge on any atom is 0.260 e. The van der Waals surface area contributed by atoms with Crippen molar-refractivity contribution in [3.05, 3.63) is 177 Å². The minimum absolute atomic E-state index is 0.0859. The van der Waals surface area contributed by atoms with Crippen LogP contribution in [0.15, 0.2) is 127 Å². The molecule has 7 nitrogen and oxygen atoms in total. The van der Waals surface area contributed by atoms with Crippen molar-refractivity contribution < 1.29 is 14.3 Å². The van der Waals surface area contributed by atoms with E-state index in [1.165, 1.54) is 5.56 Å². The molecule has 1 aliphatic rings. The zero-order valence-electron chi connectivity index (χ0n) is 29.1. The van der Waals surface area contributed by atoms with E-state index in [1.54, 1.807) is 29.2 Å². The van der Waals surface area contributed by atoms with Crippen LogP contribution in [0.2, 0.25) is 5.02 Å². The Morgan fingerprint density at radius 1 is 0.846 bits per heavy atom. The van der Waals surface area contributed by atoms with Gasteiger partial charge in [-0.05, 0) is 90.2 Å². The Hall–Kier alpha value is -6.10. The summed E-state index contributed by atoms with van der Waals surface area (Å²) in [5, 5.41) is 10.4. The number of anilines is 1. The van der Waals surface area contributed by atoms with E-state index in [0.717, 1.165) is 28.8 Å². The Morgan fingerprint density at radius 2 is 1.56 bits per heavy atom. The first-order chi connectivity index (χ1) is 25.3. The van der Waals surface area contributed by atoms with Gasteiger partial charge in [-0.2, -0.15) is 5.26 Å². The molecule has 0 fully saturated rings. The van der Waals surface area contributed by atoms with E-state index in [-0.39, 0.29) is 18.4 Å². The predicted molar refractivity (Wildman–Crippen MR) is 204 cm³/mol. The highest BCUT2D eigenvalue weighted by Crippen LogP contribution is 2.34. The number of amides is 2. The van der Waals surface area contributed by atoms with Gasteiger partial charge in [0.2, 0.25) is 0 Å². The summed E-state index contributed by atoms with van der Waals surface area (Å²) in [6, 6.07) is 42.3. The number of ether oxygens (including phenoxy) is 1. The fourth-order valence-corrected chi connectivity index (χ4v) is 6.93. The third-order valence-electron chi connectivity index (χ3n) is 9.78. The molecular formula is C44H37ClN4O3. The molecular weight excluding hydrogens is 668 g/mol. The number of nitrogens with zero attached hydrogens (tertiary/aromatic N) is 4. The molecule has 6 aromatic rings. The van der Waals surface area contributed by atoms with Gasteiger partial charge in [0, 0.05) is 53.4 Å². The summed E-state index contributed by atoms with van der Waals surface area (Å²) < 4.78 is 7.96. The van der Waals surface area contributed by atoms with Crippen LogP contribution in [0.1, 0.15) is 54.2 Å². The molecule has 0 radical (unpaired) electrons. The zero-order chi connectivity index (χ0) is 36.2. The molecule has 0 unspecified atom stereocenters. The second kappa shape index (κ2) is 15.0. The molecule has 8 heteroatoms. The van der Waals surface area contributed by atoms with E-state index in [0.29, 0.717) is 64.1 Å². The van der Waals surface area contributed by atoms with Crippen molar-refractivity contribution in [3.8, 4) is 23.1 Å². The molecule has 1 aliphatic heterocycles. The van der Waals surface area contributed by atoms with E-state index in [1.807, 2.05) is 114 Å². The maximum absolute atomic E-state index is 14.7. The second-order valence-electron chi connectivity index (χ2n) is 13.0. The summed E-state index contributed by atoms with van der Waals surface area (Å²) in [5.74, 6) is 0.343. The number of halogens is 1. The van der Waals surface area contributed by atoms with Crippen LogP contribution in [-0.4, -0.2) is 27.8 Å². The first kappa shape index (κ1) is 34.4. The Kier molecular flexibility index (Phi) is 9.92. The molecule has 0 atom stereocenters. The van der Waals surface area contributed by atoms with Crippen molar-refractivity contribution in [2.75, 3.05) is 11.4 Å². The number of aromatic nitrogens is 1. The van der Waals surface area contributed by atoms with Crippen molar-refractivity contribution >= 4 is 29.1 Å². The molecule has 258 valence electrons. The van der Waals surface area contributed by atoms with E-state index >= 15 is 0 Å². The number of fused-ring (bicyclic) bond motifs is 1. The number of benzene rings is 5. The minimum Gasteiger partial charge on any atom is -0.489 e. The SMILES string of the molecule is Cc1c(C(=O)N(Cc2ccccc2C#N)c2ccc(OCc3ccccc3)cc2)cc(-c2cc(Cl)ccc2C(=O)N2CCc3ccccc3C2)n1C. The third-order valence-corrected chi connectivity index (χ3v) is 10.0. The van der Waals surface area contributed by atoms with Gasteiger partial charge in [0.15, 0.2) is 0 Å². The van der Waals surface area contributed by atoms with Crippen LogP contribution >= 0.6 is 11.6 Å². The summed E-state index contributed by atoms with van der Waals surface area (Å²) in [4.78, 5) is 32.4. The Morgan fingerprint density at radius 3 is 2.33 bits per heavy atom. The lowest BCUT2D eigenvalue weighted by Gasteiger charge is -2.29. The van der Waals surface area contributed by atoms with Gasteiger partial charge in [-0.3, -0.25) is 9.59 Å². The summed E-state index contributed by atoms with van der Waals surface area (Å²) >= 11 is 6.56. The average Bonchev–Trinajstić information content (AvgIpc) is 3.49. The van der Waals surface area contributed by atoms with Crippen LogP contribution in [-0.2, 0) is 33.2 Å². The van der Waals surface area contributed by atoms with Crippen LogP contribution in [0.4, 0.5) is 5.69 Å². The fraction of sp³-hybridized carbons (Fsp3) is 0.159. The van der Waals surface area contributed by atoms with Gasteiger partial charge in [-0.15, -0.1) is 0 Å². The van der Waals surface area contributed by atoms with Crippen molar-refractivity contribution in [1.29, 1.82) is 5.26 Å². The van der Waals surface area contributed by atoms with Gasteiger partial charge in [0.05, 0.1) is 23.7 Å². The van der Waals surface area contributed by atoms with Crippen LogP contribution in [0.25, 0.3) is 11.3 Å². The Balaban J connectivity index is 1.22. The van der Waals surface area contributed by atoms with Gasteiger partial charge in [-0.25, -0.2) is 0 Å². The third kappa shape index (κ3) is 7.07. The summed E-state index contributed by atoms with van der Waals surface area (Å²) in [7, 11) is 1.89. The topological polar surface area (TPSA) is 78.6 Å². The molecule has 0 saturated heterocycles. The minimum atomic E-state index is -0.243. The van der Waals surface area contributed by atoms with E-state index in [4.69, 9.17) is 16.3 Å². The quantitative estimate of drug-likeness (QED) is 0.150. The van der Waals surface area contributed by atoms with Gasteiger partial charge in [0.1, 0.15) is 12.4 Å². The molecule has 0 saturated carbocycles. The molecule has 5 aromatic carbocycles. The Bertz CT molecular complexity index is 2310.